The van der Waals surface area contributed by atoms with Gasteiger partial charge < -0.3 is 10.2 Å². The number of nitrogens with one attached hydrogen (secondary N) is 2. The Morgan fingerprint density at radius 1 is 1.27 bits per heavy atom. The van der Waals surface area contributed by atoms with Gasteiger partial charge in [-0.05, 0) is 12.1 Å². The van der Waals surface area contributed by atoms with Gasteiger partial charge in [-0.3, -0.25) is 14.9 Å². The maximum absolute atomic E-state index is 12.0. The number of amides is 1. The van der Waals surface area contributed by atoms with Crippen LogP contribution in [0.1, 0.15) is 0 Å². The zero-order valence-electron chi connectivity index (χ0n) is 11.7. The van der Waals surface area contributed by atoms with Crippen molar-refractivity contribution >= 4 is 21.6 Å². The van der Waals surface area contributed by atoms with Crippen LogP contribution >= 0.6 is 0 Å². The molecule has 0 aliphatic carbocycles. The van der Waals surface area contributed by atoms with E-state index in [9.17, 15) is 23.3 Å². The van der Waals surface area contributed by atoms with E-state index in [1.165, 1.54) is 0 Å². The van der Waals surface area contributed by atoms with Gasteiger partial charge >= 0.3 is 0 Å². The van der Waals surface area contributed by atoms with E-state index in [2.05, 4.69) is 10.0 Å². The normalized spacial score (nSPS) is 15.5. The Labute approximate surface area is 127 Å². The molecule has 1 amide bonds. The number of non-ortho nitro benzene ring substituents is 1. The first-order valence-electron chi connectivity index (χ1n) is 6.63. The first-order valence-corrected chi connectivity index (χ1v) is 8.11. The average Bonchev–Trinajstić information content (AvgIpc) is 2.53. The number of hydrogen-bond donors (Lipinski definition) is 2. The zero-order chi connectivity index (χ0) is 16.2. The Balaban J connectivity index is 1.98. The van der Waals surface area contributed by atoms with Crippen molar-refractivity contribution in [3.8, 4) is 0 Å². The molecule has 0 unspecified atom stereocenters. The second kappa shape index (κ2) is 6.81. The predicted octanol–water partition coefficient (Wildman–Crippen LogP) is -0.695. The second-order valence-corrected chi connectivity index (χ2v) is 6.47. The van der Waals surface area contributed by atoms with E-state index in [-0.39, 0.29) is 23.0 Å². The number of piperazine rings is 1. The number of carbonyl (C=O) groups excluding carboxylic acids is 1. The summed E-state index contributed by atoms with van der Waals surface area (Å²) in [5.74, 6) is -0.299. The van der Waals surface area contributed by atoms with Crippen molar-refractivity contribution in [2.45, 2.75) is 4.90 Å². The Kier molecular flexibility index (Phi) is 5.06. The van der Waals surface area contributed by atoms with Crippen LogP contribution in [0.3, 0.4) is 0 Å². The van der Waals surface area contributed by atoms with Gasteiger partial charge in [-0.25, -0.2) is 13.1 Å². The predicted molar refractivity (Wildman–Crippen MR) is 77.7 cm³/mol. The van der Waals surface area contributed by atoms with Gasteiger partial charge in [0.25, 0.3) is 5.69 Å². The molecule has 0 radical (unpaired) electrons. The molecule has 0 bridgehead atoms. The molecule has 0 spiro atoms. The third-order valence-electron chi connectivity index (χ3n) is 3.24. The second-order valence-electron chi connectivity index (χ2n) is 4.71. The Bertz CT molecular complexity index is 653. The number of nitro benzene ring substituents is 1. The number of sulfonamides is 1. The first-order chi connectivity index (χ1) is 10.4. The third kappa shape index (κ3) is 4.00. The highest BCUT2D eigenvalue weighted by Crippen LogP contribution is 2.15. The molecule has 1 heterocycles. The molecular formula is C12H16N4O5S. The number of carbonyl (C=O) groups is 1. The van der Waals surface area contributed by atoms with E-state index in [0.29, 0.717) is 26.2 Å². The summed E-state index contributed by atoms with van der Waals surface area (Å²) in [6, 6.07) is 4.48. The summed E-state index contributed by atoms with van der Waals surface area (Å²) in [4.78, 5) is 23.3. The number of rotatable bonds is 5. The zero-order valence-corrected chi connectivity index (χ0v) is 12.5. The van der Waals surface area contributed by atoms with Crippen LogP contribution < -0.4 is 10.0 Å². The van der Waals surface area contributed by atoms with Crippen LogP contribution in [0.25, 0.3) is 0 Å². The summed E-state index contributed by atoms with van der Waals surface area (Å²) in [5, 5.41) is 13.6. The van der Waals surface area contributed by atoms with Gasteiger partial charge in [-0.2, -0.15) is 0 Å². The molecule has 1 saturated heterocycles. The minimum atomic E-state index is -3.87. The molecule has 1 aliphatic heterocycles. The van der Waals surface area contributed by atoms with Gasteiger partial charge in [0.2, 0.25) is 15.9 Å². The van der Waals surface area contributed by atoms with Crippen molar-refractivity contribution < 1.29 is 18.1 Å². The summed E-state index contributed by atoms with van der Waals surface area (Å²) in [5.41, 5.74) is -0.198. The van der Waals surface area contributed by atoms with Crippen molar-refractivity contribution in [1.29, 1.82) is 0 Å². The Hall–Kier alpha value is -2.04. The molecular weight excluding hydrogens is 312 g/mol. The lowest BCUT2D eigenvalue weighted by molar-refractivity contribution is -0.384. The molecule has 10 heteroatoms. The van der Waals surface area contributed by atoms with Crippen molar-refractivity contribution in [3.05, 3.63) is 34.4 Å². The van der Waals surface area contributed by atoms with Gasteiger partial charge in [-0.1, -0.05) is 0 Å². The summed E-state index contributed by atoms with van der Waals surface area (Å²) < 4.78 is 26.3. The quantitative estimate of drug-likeness (QED) is 0.545. The highest BCUT2D eigenvalue weighted by atomic mass is 32.2. The molecule has 22 heavy (non-hydrogen) atoms. The number of nitrogens with zero attached hydrogens (tertiary/aromatic N) is 2. The number of benzene rings is 1. The van der Waals surface area contributed by atoms with Gasteiger partial charge in [0.05, 0.1) is 16.4 Å². The van der Waals surface area contributed by atoms with Crippen molar-refractivity contribution in [1.82, 2.24) is 14.9 Å². The molecule has 120 valence electrons. The summed E-state index contributed by atoms with van der Waals surface area (Å²) in [6.45, 7) is 2.11. The molecule has 0 saturated carbocycles. The van der Waals surface area contributed by atoms with E-state index < -0.39 is 14.9 Å². The molecule has 1 aromatic rings. The number of hydrogen-bond acceptors (Lipinski definition) is 6. The molecule has 1 fully saturated rings. The maximum atomic E-state index is 12.0. The van der Waals surface area contributed by atoms with E-state index in [0.717, 1.165) is 24.3 Å². The average molecular weight is 328 g/mol. The van der Waals surface area contributed by atoms with Crippen molar-refractivity contribution in [2.75, 3.05) is 32.7 Å². The number of nitro groups is 1. The lowest BCUT2D eigenvalue weighted by Crippen LogP contribution is -2.49. The van der Waals surface area contributed by atoms with Crippen LogP contribution in [0.15, 0.2) is 29.2 Å². The molecule has 9 nitrogen and oxygen atoms in total. The van der Waals surface area contributed by atoms with Crippen LogP contribution in [0, 0.1) is 10.1 Å². The van der Waals surface area contributed by atoms with Crippen molar-refractivity contribution in [3.63, 3.8) is 0 Å². The van der Waals surface area contributed by atoms with Crippen LogP contribution in [0.2, 0.25) is 0 Å². The minimum absolute atomic E-state index is 0.119. The van der Waals surface area contributed by atoms with E-state index in [1.54, 1.807) is 4.90 Å². The molecule has 2 N–H and O–H groups in total. The largest absolute Gasteiger partial charge is 0.339 e. The Morgan fingerprint density at radius 3 is 2.41 bits per heavy atom. The highest BCUT2D eigenvalue weighted by molar-refractivity contribution is 7.89. The third-order valence-corrected chi connectivity index (χ3v) is 4.66. The van der Waals surface area contributed by atoms with Crippen LogP contribution in [-0.4, -0.2) is 56.9 Å². The Morgan fingerprint density at radius 2 is 1.86 bits per heavy atom. The topological polar surface area (TPSA) is 122 Å². The fourth-order valence-corrected chi connectivity index (χ4v) is 2.99. The van der Waals surface area contributed by atoms with E-state index >= 15 is 0 Å². The van der Waals surface area contributed by atoms with Gasteiger partial charge in [-0.15, -0.1) is 0 Å². The SMILES string of the molecule is O=C(CNS(=O)(=O)c1ccc([N+](=O)[O-])cc1)N1CCNCC1. The molecule has 1 aliphatic rings. The first kappa shape index (κ1) is 16.3. The van der Waals surface area contributed by atoms with E-state index in [4.69, 9.17) is 0 Å². The van der Waals surface area contributed by atoms with Gasteiger partial charge in [0, 0.05) is 38.3 Å². The van der Waals surface area contributed by atoms with Crippen LogP contribution in [-0.2, 0) is 14.8 Å². The standard InChI is InChI=1S/C12H16N4O5S/c17-12(15-7-5-13-6-8-15)9-14-22(20,21)11-3-1-10(2-4-11)16(18)19/h1-4,13-14H,5-9H2. The lowest BCUT2D eigenvalue weighted by Gasteiger charge is -2.27. The van der Waals surface area contributed by atoms with Crippen molar-refractivity contribution in [2.24, 2.45) is 0 Å². The van der Waals surface area contributed by atoms with Crippen LogP contribution in [0.4, 0.5) is 5.69 Å². The van der Waals surface area contributed by atoms with Gasteiger partial charge in [0.1, 0.15) is 0 Å². The lowest BCUT2D eigenvalue weighted by atomic mass is 10.3. The summed E-state index contributed by atoms with van der Waals surface area (Å²) in [7, 11) is -3.87. The molecule has 0 aromatic heterocycles. The fraction of sp³-hybridized carbons (Fsp3) is 0.417. The summed E-state index contributed by atoms with van der Waals surface area (Å²) in [6.07, 6.45) is 0. The molecule has 0 atom stereocenters. The smallest absolute Gasteiger partial charge is 0.269 e. The minimum Gasteiger partial charge on any atom is -0.339 e. The van der Waals surface area contributed by atoms with Gasteiger partial charge in [0.15, 0.2) is 0 Å². The van der Waals surface area contributed by atoms with E-state index in [1.807, 2.05) is 0 Å². The highest BCUT2D eigenvalue weighted by Gasteiger charge is 2.20. The fourth-order valence-electron chi connectivity index (χ4n) is 2.01. The van der Waals surface area contributed by atoms with Crippen LogP contribution in [0.5, 0.6) is 0 Å². The molecule has 2 rings (SSSR count). The monoisotopic (exact) mass is 328 g/mol. The summed E-state index contributed by atoms with van der Waals surface area (Å²) >= 11 is 0. The molecule has 1 aromatic carbocycles. The maximum Gasteiger partial charge on any atom is 0.269 e.